The highest BCUT2D eigenvalue weighted by Crippen LogP contribution is 2.29. The minimum atomic E-state index is -0.610. The Morgan fingerprint density at radius 1 is 1.32 bits per heavy atom. The topological polar surface area (TPSA) is 92.5 Å². The summed E-state index contributed by atoms with van der Waals surface area (Å²) < 4.78 is 0. The normalized spacial score (nSPS) is 20.0. The van der Waals surface area contributed by atoms with Crippen LogP contribution in [0.2, 0.25) is 0 Å². The van der Waals surface area contributed by atoms with Gasteiger partial charge in [0.1, 0.15) is 6.04 Å². The SMILES string of the molecule is CC(C)(N)CC#Cc1cccc2c1CN(C1CCC(=O)NC1=O)C2=O. The molecule has 0 saturated carbocycles. The number of benzene rings is 1. The van der Waals surface area contributed by atoms with Crippen molar-refractivity contribution in [1.29, 1.82) is 0 Å². The molecule has 0 spiro atoms. The molecule has 1 aromatic rings. The van der Waals surface area contributed by atoms with Gasteiger partial charge in [-0.05, 0) is 38.0 Å². The minimum absolute atomic E-state index is 0.188. The molecule has 130 valence electrons. The molecule has 1 aromatic carbocycles. The van der Waals surface area contributed by atoms with E-state index in [0.29, 0.717) is 24.9 Å². The summed E-state index contributed by atoms with van der Waals surface area (Å²) in [6, 6.07) is 4.81. The Hall–Kier alpha value is -2.65. The van der Waals surface area contributed by atoms with Crippen molar-refractivity contribution < 1.29 is 14.4 Å². The number of carbonyl (C=O) groups excluding carboxylic acids is 3. The van der Waals surface area contributed by atoms with Crippen LogP contribution in [0.4, 0.5) is 0 Å². The Balaban J connectivity index is 1.85. The molecule has 1 saturated heterocycles. The molecule has 0 aromatic heterocycles. The molecule has 1 atom stereocenters. The van der Waals surface area contributed by atoms with Crippen LogP contribution in [-0.2, 0) is 16.1 Å². The van der Waals surface area contributed by atoms with Crippen molar-refractivity contribution in [3.05, 3.63) is 34.9 Å². The molecule has 2 heterocycles. The van der Waals surface area contributed by atoms with Crippen molar-refractivity contribution >= 4 is 17.7 Å². The lowest BCUT2D eigenvalue weighted by Gasteiger charge is -2.29. The van der Waals surface area contributed by atoms with Crippen LogP contribution < -0.4 is 11.1 Å². The number of nitrogens with two attached hydrogens (primary N) is 1. The molecule has 0 radical (unpaired) electrons. The summed E-state index contributed by atoms with van der Waals surface area (Å²) in [6.45, 7) is 4.15. The molecular formula is C19H21N3O3. The number of nitrogens with zero attached hydrogens (tertiary/aromatic N) is 1. The van der Waals surface area contributed by atoms with Gasteiger partial charge in [0.2, 0.25) is 11.8 Å². The smallest absolute Gasteiger partial charge is 0.255 e. The molecule has 3 N–H and O–H groups in total. The predicted octanol–water partition coefficient (Wildman–Crippen LogP) is 0.926. The van der Waals surface area contributed by atoms with Gasteiger partial charge in [-0.1, -0.05) is 17.9 Å². The molecule has 2 aliphatic heterocycles. The van der Waals surface area contributed by atoms with Crippen LogP contribution in [0.3, 0.4) is 0 Å². The predicted molar refractivity (Wildman–Crippen MR) is 92.2 cm³/mol. The van der Waals surface area contributed by atoms with Crippen LogP contribution >= 0.6 is 0 Å². The van der Waals surface area contributed by atoms with Crippen LogP contribution in [0, 0.1) is 11.8 Å². The maximum atomic E-state index is 12.7. The van der Waals surface area contributed by atoms with Crippen LogP contribution in [-0.4, -0.2) is 34.2 Å². The summed E-state index contributed by atoms with van der Waals surface area (Å²) in [7, 11) is 0. The fourth-order valence-electron chi connectivity index (χ4n) is 3.07. The fraction of sp³-hybridized carbons (Fsp3) is 0.421. The van der Waals surface area contributed by atoms with Crippen LogP contribution in [0.1, 0.15) is 54.6 Å². The van der Waals surface area contributed by atoms with Gasteiger partial charge in [-0.15, -0.1) is 0 Å². The Bertz CT molecular complexity index is 811. The van der Waals surface area contributed by atoms with Crippen molar-refractivity contribution in [1.82, 2.24) is 10.2 Å². The Labute approximate surface area is 146 Å². The van der Waals surface area contributed by atoms with Crippen LogP contribution in [0.25, 0.3) is 0 Å². The molecule has 6 nitrogen and oxygen atoms in total. The highest BCUT2D eigenvalue weighted by molar-refractivity contribution is 6.05. The maximum absolute atomic E-state index is 12.7. The van der Waals surface area contributed by atoms with Crippen LogP contribution in [0.15, 0.2) is 18.2 Å². The summed E-state index contributed by atoms with van der Waals surface area (Å²) in [5.74, 6) is 5.28. The standard InChI is InChI=1S/C19H21N3O3/c1-19(2,20)10-4-6-12-5-3-7-13-14(12)11-22(18(13)25)15-8-9-16(23)21-17(15)24/h3,5,7,15H,8-11,20H2,1-2H3,(H,21,23,24). The van der Waals surface area contributed by atoms with Crippen LogP contribution in [0.5, 0.6) is 0 Å². The molecular weight excluding hydrogens is 318 g/mol. The number of rotatable bonds is 2. The molecule has 3 rings (SSSR count). The third-order valence-electron chi connectivity index (χ3n) is 4.35. The number of carbonyl (C=O) groups is 3. The second-order valence-electron chi connectivity index (χ2n) is 7.20. The number of piperidine rings is 1. The highest BCUT2D eigenvalue weighted by Gasteiger charge is 2.39. The largest absolute Gasteiger partial charge is 0.325 e. The van der Waals surface area contributed by atoms with E-state index in [2.05, 4.69) is 17.2 Å². The minimum Gasteiger partial charge on any atom is -0.325 e. The first kappa shape index (κ1) is 17.2. The summed E-state index contributed by atoms with van der Waals surface area (Å²) in [5, 5.41) is 2.31. The average molecular weight is 339 g/mol. The summed E-state index contributed by atoms with van der Waals surface area (Å²) >= 11 is 0. The van der Waals surface area contributed by atoms with Gasteiger partial charge in [-0.25, -0.2) is 0 Å². The first-order chi connectivity index (χ1) is 11.8. The van der Waals surface area contributed by atoms with Gasteiger partial charge in [-0.2, -0.15) is 0 Å². The van der Waals surface area contributed by atoms with Crippen molar-refractivity contribution in [3.8, 4) is 11.8 Å². The van der Waals surface area contributed by atoms with E-state index in [1.165, 1.54) is 4.90 Å². The molecule has 0 aliphatic carbocycles. The summed E-state index contributed by atoms with van der Waals surface area (Å²) in [4.78, 5) is 37.6. The zero-order valence-electron chi connectivity index (χ0n) is 14.4. The zero-order chi connectivity index (χ0) is 18.2. The van der Waals surface area contributed by atoms with E-state index >= 15 is 0 Å². The second-order valence-corrected chi connectivity index (χ2v) is 7.20. The van der Waals surface area contributed by atoms with Gasteiger partial charge in [0.15, 0.2) is 0 Å². The van der Waals surface area contributed by atoms with Gasteiger partial charge in [0.25, 0.3) is 5.91 Å². The maximum Gasteiger partial charge on any atom is 0.255 e. The lowest BCUT2D eigenvalue weighted by Crippen LogP contribution is -2.52. The molecule has 25 heavy (non-hydrogen) atoms. The van der Waals surface area contributed by atoms with E-state index in [-0.39, 0.29) is 23.8 Å². The zero-order valence-corrected chi connectivity index (χ0v) is 14.4. The average Bonchev–Trinajstić information content (AvgIpc) is 2.84. The van der Waals surface area contributed by atoms with Gasteiger partial charge in [-0.3, -0.25) is 19.7 Å². The fourth-order valence-corrected chi connectivity index (χ4v) is 3.07. The summed E-state index contributed by atoms with van der Waals surface area (Å²) in [6.07, 6.45) is 1.14. The first-order valence-electron chi connectivity index (χ1n) is 8.30. The van der Waals surface area contributed by atoms with Gasteiger partial charge < -0.3 is 10.6 Å². The summed E-state index contributed by atoms with van der Waals surface area (Å²) in [5.41, 5.74) is 7.76. The van der Waals surface area contributed by atoms with E-state index in [9.17, 15) is 14.4 Å². The Morgan fingerprint density at radius 2 is 2.08 bits per heavy atom. The molecule has 1 fully saturated rings. The third-order valence-corrected chi connectivity index (χ3v) is 4.35. The lowest BCUT2D eigenvalue weighted by atomic mass is 10.0. The van der Waals surface area contributed by atoms with Gasteiger partial charge >= 0.3 is 0 Å². The highest BCUT2D eigenvalue weighted by atomic mass is 16.2. The van der Waals surface area contributed by atoms with E-state index < -0.39 is 11.9 Å². The number of fused-ring (bicyclic) bond motifs is 1. The number of nitrogens with one attached hydrogen (secondary N) is 1. The Kier molecular flexibility index (Phi) is 4.36. The van der Waals surface area contributed by atoms with E-state index in [4.69, 9.17) is 5.73 Å². The first-order valence-corrected chi connectivity index (χ1v) is 8.30. The van der Waals surface area contributed by atoms with Gasteiger partial charge in [0.05, 0.1) is 0 Å². The number of hydrogen-bond donors (Lipinski definition) is 2. The van der Waals surface area contributed by atoms with E-state index in [1.807, 2.05) is 19.9 Å². The van der Waals surface area contributed by atoms with Crippen molar-refractivity contribution in [2.24, 2.45) is 5.73 Å². The molecule has 3 amide bonds. The van der Waals surface area contributed by atoms with E-state index in [0.717, 1.165) is 11.1 Å². The monoisotopic (exact) mass is 339 g/mol. The molecule has 2 aliphatic rings. The number of amides is 3. The quantitative estimate of drug-likeness (QED) is 0.619. The second kappa shape index (κ2) is 6.34. The van der Waals surface area contributed by atoms with Crippen molar-refractivity contribution in [3.63, 3.8) is 0 Å². The lowest BCUT2D eigenvalue weighted by molar-refractivity contribution is -0.136. The molecule has 6 heteroatoms. The third kappa shape index (κ3) is 3.57. The van der Waals surface area contributed by atoms with E-state index in [1.54, 1.807) is 12.1 Å². The number of imide groups is 1. The Morgan fingerprint density at radius 3 is 2.76 bits per heavy atom. The van der Waals surface area contributed by atoms with Crippen molar-refractivity contribution in [2.45, 2.75) is 51.2 Å². The molecule has 0 bridgehead atoms. The van der Waals surface area contributed by atoms with Crippen molar-refractivity contribution in [2.75, 3.05) is 0 Å². The van der Waals surface area contributed by atoms with Gasteiger partial charge in [0, 0.05) is 36.1 Å². The molecule has 1 unspecified atom stereocenters. The number of hydrogen-bond acceptors (Lipinski definition) is 4.